The summed E-state index contributed by atoms with van der Waals surface area (Å²) in [6.07, 6.45) is 3.51. The lowest BCUT2D eigenvalue weighted by Crippen LogP contribution is -2.51. The molecule has 1 saturated heterocycles. The highest BCUT2D eigenvalue weighted by molar-refractivity contribution is 5.95. The summed E-state index contributed by atoms with van der Waals surface area (Å²) in [4.78, 5) is 35.3. The fourth-order valence-corrected chi connectivity index (χ4v) is 3.86. The van der Waals surface area contributed by atoms with Crippen molar-refractivity contribution >= 4 is 29.0 Å². The molecule has 1 aromatic heterocycles. The largest absolute Gasteiger partial charge is 0.345 e. The van der Waals surface area contributed by atoms with Crippen molar-refractivity contribution in [3.05, 3.63) is 83.7 Å². The summed E-state index contributed by atoms with van der Waals surface area (Å²) in [5.74, 6) is -0.0117. The predicted octanol–water partition coefficient (Wildman–Crippen LogP) is 4.46. The van der Waals surface area contributed by atoms with Gasteiger partial charge in [0.2, 0.25) is 0 Å². The van der Waals surface area contributed by atoms with Gasteiger partial charge in [-0.2, -0.15) is 0 Å². The zero-order chi connectivity index (χ0) is 23.4. The second kappa shape index (κ2) is 9.73. The molecule has 0 bridgehead atoms. The maximum atomic E-state index is 13.0. The number of aromatic nitrogens is 1. The van der Waals surface area contributed by atoms with E-state index in [0.29, 0.717) is 31.7 Å². The quantitative estimate of drug-likeness (QED) is 0.647. The van der Waals surface area contributed by atoms with Gasteiger partial charge in [-0.3, -0.25) is 9.78 Å². The third kappa shape index (κ3) is 5.14. The molecule has 2 heterocycles. The van der Waals surface area contributed by atoms with Gasteiger partial charge >= 0.3 is 6.03 Å². The number of rotatable bonds is 4. The van der Waals surface area contributed by atoms with E-state index < -0.39 is 0 Å². The van der Waals surface area contributed by atoms with Crippen molar-refractivity contribution in [2.24, 2.45) is 0 Å². The van der Waals surface area contributed by atoms with Gasteiger partial charge in [0.15, 0.2) is 0 Å². The molecule has 0 atom stereocenters. The number of hydrogen-bond donors (Lipinski definition) is 1. The number of nitrogens with one attached hydrogen (secondary N) is 1. The van der Waals surface area contributed by atoms with Crippen LogP contribution in [0.4, 0.5) is 21.9 Å². The van der Waals surface area contributed by atoms with Crippen molar-refractivity contribution in [1.29, 1.82) is 0 Å². The first-order chi connectivity index (χ1) is 15.9. The minimum Gasteiger partial charge on any atom is -0.345 e. The minimum atomic E-state index is -0.131. The first-order valence-electron chi connectivity index (χ1n) is 11.1. The molecule has 1 aliphatic heterocycles. The number of nitrogens with zero attached hydrogens (tertiary/aromatic N) is 4. The maximum absolute atomic E-state index is 13.0. The van der Waals surface area contributed by atoms with Crippen LogP contribution in [0.3, 0.4) is 0 Å². The Morgan fingerprint density at radius 3 is 2.06 bits per heavy atom. The van der Waals surface area contributed by atoms with Gasteiger partial charge < -0.3 is 20.0 Å². The molecule has 1 fully saturated rings. The zero-order valence-corrected chi connectivity index (χ0v) is 19.3. The third-order valence-electron chi connectivity index (χ3n) is 6.16. The molecular weight excluding hydrogens is 414 g/mol. The molecule has 7 nitrogen and oxygen atoms in total. The van der Waals surface area contributed by atoms with Crippen molar-refractivity contribution in [2.45, 2.75) is 13.8 Å². The fourth-order valence-electron chi connectivity index (χ4n) is 3.86. The summed E-state index contributed by atoms with van der Waals surface area (Å²) in [6.45, 7) is 6.11. The monoisotopic (exact) mass is 443 g/mol. The average molecular weight is 444 g/mol. The summed E-state index contributed by atoms with van der Waals surface area (Å²) in [6, 6.07) is 17.2. The number of carbonyl (C=O) groups excluding carboxylic acids is 2. The highest BCUT2D eigenvalue weighted by Crippen LogP contribution is 2.23. The van der Waals surface area contributed by atoms with Gasteiger partial charge in [-0.25, -0.2) is 4.79 Å². The number of benzene rings is 2. The van der Waals surface area contributed by atoms with E-state index in [1.807, 2.05) is 80.4 Å². The smallest absolute Gasteiger partial charge is 0.321 e. The van der Waals surface area contributed by atoms with Crippen molar-refractivity contribution in [3.8, 4) is 0 Å². The second-order valence-electron chi connectivity index (χ2n) is 8.32. The minimum absolute atomic E-state index is 0.0117. The van der Waals surface area contributed by atoms with Gasteiger partial charge in [0.1, 0.15) is 0 Å². The molecule has 0 saturated carbocycles. The van der Waals surface area contributed by atoms with Crippen molar-refractivity contribution < 1.29 is 9.59 Å². The van der Waals surface area contributed by atoms with Crippen LogP contribution in [0.25, 0.3) is 0 Å². The number of anilines is 3. The Labute approximate surface area is 194 Å². The van der Waals surface area contributed by atoms with Crippen LogP contribution in [-0.2, 0) is 0 Å². The Balaban J connectivity index is 1.32. The molecule has 0 unspecified atom stereocenters. The Bertz CT molecular complexity index is 1120. The van der Waals surface area contributed by atoms with Gasteiger partial charge in [0, 0.05) is 68.2 Å². The summed E-state index contributed by atoms with van der Waals surface area (Å²) < 4.78 is 0. The summed E-state index contributed by atoms with van der Waals surface area (Å²) in [5, 5.41) is 2.96. The molecule has 7 heteroatoms. The van der Waals surface area contributed by atoms with E-state index in [-0.39, 0.29) is 11.9 Å². The second-order valence-corrected chi connectivity index (χ2v) is 8.32. The van der Waals surface area contributed by atoms with Crippen molar-refractivity contribution in [3.63, 3.8) is 0 Å². The summed E-state index contributed by atoms with van der Waals surface area (Å²) in [5.41, 5.74) is 5.79. The molecule has 4 rings (SSSR count). The number of hydrogen-bond acceptors (Lipinski definition) is 4. The number of urea groups is 1. The van der Waals surface area contributed by atoms with Crippen LogP contribution in [0.5, 0.6) is 0 Å². The van der Waals surface area contributed by atoms with Crippen LogP contribution in [0.1, 0.15) is 21.5 Å². The van der Waals surface area contributed by atoms with Crippen LogP contribution >= 0.6 is 0 Å². The van der Waals surface area contributed by atoms with E-state index in [2.05, 4.69) is 10.3 Å². The van der Waals surface area contributed by atoms with Gasteiger partial charge in [0.25, 0.3) is 5.91 Å². The normalized spacial score (nSPS) is 13.5. The van der Waals surface area contributed by atoms with Gasteiger partial charge in [-0.1, -0.05) is 6.07 Å². The van der Waals surface area contributed by atoms with Crippen molar-refractivity contribution in [2.75, 3.05) is 43.4 Å². The van der Waals surface area contributed by atoms with Crippen LogP contribution in [0.15, 0.2) is 67.0 Å². The van der Waals surface area contributed by atoms with E-state index in [0.717, 1.165) is 22.6 Å². The molecule has 0 aliphatic carbocycles. The SMILES string of the molecule is Cc1ccc(NC(=O)N2CCN(C(=O)c3ccc(N(C)c4ccncc4)cc3)CC2)cc1C. The lowest BCUT2D eigenvalue weighted by atomic mass is 10.1. The standard InChI is InChI=1S/C26H29N5O2/c1-19-4-7-22(18-20(19)2)28-26(33)31-16-14-30(15-17-31)25(32)21-5-8-23(9-6-21)29(3)24-10-12-27-13-11-24/h4-13,18H,14-17H2,1-3H3,(H,28,33). The van der Waals surface area contributed by atoms with Crippen molar-refractivity contribution in [1.82, 2.24) is 14.8 Å². The Kier molecular flexibility index (Phi) is 6.58. The predicted molar refractivity (Wildman–Crippen MR) is 131 cm³/mol. The molecule has 2 aromatic carbocycles. The van der Waals surface area contributed by atoms with E-state index >= 15 is 0 Å². The maximum Gasteiger partial charge on any atom is 0.321 e. The number of aryl methyl sites for hydroxylation is 2. The van der Waals surface area contributed by atoms with Crippen LogP contribution in [0.2, 0.25) is 0 Å². The highest BCUT2D eigenvalue weighted by atomic mass is 16.2. The van der Waals surface area contributed by atoms with E-state index in [9.17, 15) is 9.59 Å². The Morgan fingerprint density at radius 2 is 1.42 bits per heavy atom. The van der Waals surface area contributed by atoms with Crippen LogP contribution in [0, 0.1) is 13.8 Å². The summed E-state index contributed by atoms with van der Waals surface area (Å²) in [7, 11) is 1.98. The number of piperazine rings is 1. The lowest BCUT2D eigenvalue weighted by Gasteiger charge is -2.34. The molecular formula is C26H29N5O2. The number of pyridine rings is 1. The molecule has 170 valence electrons. The van der Waals surface area contributed by atoms with Crippen LogP contribution in [-0.4, -0.2) is 59.9 Å². The molecule has 0 spiro atoms. The average Bonchev–Trinajstić information content (AvgIpc) is 2.86. The first kappa shape index (κ1) is 22.3. The molecule has 3 amide bonds. The Hall–Kier alpha value is -3.87. The van der Waals surface area contributed by atoms with E-state index in [1.54, 1.807) is 22.2 Å². The van der Waals surface area contributed by atoms with Gasteiger partial charge in [-0.15, -0.1) is 0 Å². The number of carbonyl (C=O) groups is 2. The van der Waals surface area contributed by atoms with Crippen LogP contribution < -0.4 is 10.2 Å². The number of amides is 3. The fraction of sp³-hybridized carbons (Fsp3) is 0.269. The molecule has 1 aliphatic rings. The summed E-state index contributed by atoms with van der Waals surface area (Å²) >= 11 is 0. The highest BCUT2D eigenvalue weighted by Gasteiger charge is 2.25. The van der Waals surface area contributed by atoms with Gasteiger partial charge in [0.05, 0.1) is 0 Å². The first-order valence-corrected chi connectivity index (χ1v) is 11.1. The Morgan fingerprint density at radius 1 is 0.818 bits per heavy atom. The zero-order valence-electron chi connectivity index (χ0n) is 19.3. The third-order valence-corrected chi connectivity index (χ3v) is 6.16. The van der Waals surface area contributed by atoms with Gasteiger partial charge in [-0.05, 0) is 73.5 Å². The molecule has 0 radical (unpaired) electrons. The van der Waals surface area contributed by atoms with E-state index in [1.165, 1.54) is 5.56 Å². The molecule has 1 N–H and O–H groups in total. The van der Waals surface area contributed by atoms with E-state index in [4.69, 9.17) is 0 Å². The lowest BCUT2D eigenvalue weighted by molar-refractivity contribution is 0.0671. The molecule has 33 heavy (non-hydrogen) atoms. The molecule has 3 aromatic rings. The topological polar surface area (TPSA) is 68.8 Å².